The average molecular weight is 459 g/mol. The van der Waals surface area contributed by atoms with Gasteiger partial charge in [0.1, 0.15) is 0 Å². The lowest BCUT2D eigenvalue weighted by molar-refractivity contribution is 0.0651. The first-order chi connectivity index (χ1) is 15.5. The first kappa shape index (κ1) is 32.1. The van der Waals surface area contributed by atoms with Gasteiger partial charge in [-0.15, -0.1) is 0 Å². The Balaban J connectivity index is 0. The van der Waals surface area contributed by atoms with Crippen molar-refractivity contribution in [2.45, 2.75) is 38.5 Å². The average Bonchev–Trinajstić information content (AvgIpc) is 2.79. The summed E-state index contributed by atoms with van der Waals surface area (Å²) in [6.45, 7) is 6.01. The van der Waals surface area contributed by atoms with Gasteiger partial charge < -0.3 is 42.5 Å². The van der Waals surface area contributed by atoms with Crippen molar-refractivity contribution in [2.24, 2.45) is 11.5 Å². The highest BCUT2D eigenvalue weighted by atomic mass is 16.4. The number of nitrogens with one attached hydrogen (secondary N) is 2. The lowest BCUT2D eigenvalue weighted by atomic mass is 10.1. The van der Waals surface area contributed by atoms with Crippen LogP contribution in [-0.2, 0) is 0 Å². The number of aliphatic hydroxyl groups excluding tert-OH is 2. The van der Waals surface area contributed by atoms with E-state index in [1.54, 1.807) is 0 Å². The van der Waals surface area contributed by atoms with Crippen LogP contribution in [0.2, 0.25) is 0 Å². The molecule has 0 atom stereocenters. The van der Waals surface area contributed by atoms with E-state index >= 15 is 0 Å². The number of carboxylic acid groups (broad SMARTS) is 2. The van der Waals surface area contributed by atoms with Gasteiger partial charge in [-0.3, -0.25) is 0 Å². The van der Waals surface area contributed by atoms with E-state index in [1.165, 1.54) is 24.3 Å². The number of carboxylic acids is 2. The van der Waals surface area contributed by atoms with Gasteiger partial charge in [0.15, 0.2) is 0 Å². The number of unbranched alkanes of at least 4 members (excludes halogenated alkanes) is 2. The maximum absolute atomic E-state index is 10.5. The molecule has 0 aliphatic carbocycles. The van der Waals surface area contributed by atoms with Crippen molar-refractivity contribution in [2.75, 3.05) is 52.5 Å². The number of aliphatic hydroxyl groups is 2. The van der Waals surface area contributed by atoms with Crippen LogP contribution in [0.5, 0.6) is 0 Å². The van der Waals surface area contributed by atoms with E-state index in [9.17, 15) is 9.59 Å². The highest BCUT2D eigenvalue weighted by molar-refractivity contribution is 6.01. The van der Waals surface area contributed by atoms with Crippen LogP contribution in [0.15, 0.2) is 24.3 Å². The molecule has 0 aliphatic rings. The van der Waals surface area contributed by atoms with Crippen molar-refractivity contribution in [1.82, 2.24) is 10.6 Å². The van der Waals surface area contributed by atoms with Gasteiger partial charge in [0.2, 0.25) is 0 Å². The van der Waals surface area contributed by atoms with Crippen molar-refractivity contribution in [3.8, 4) is 0 Å². The third-order valence-electron chi connectivity index (χ3n) is 4.03. The zero-order valence-corrected chi connectivity index (χ0v) is 19.0. The molecule has 0 bridgehead atoms. The molecule has 10 nitrogen and oxygen atoms in total. The molecular formula is C22H42N4O6. The van der Waals surface area contributed by atoms with Crippen LogP contribution >= 0.6 is 0 Å². The predicted octanol–water partition coefficient (Wildman–Crippen LogP) is 0.478. The van der Waals surface area contributed by atoms with Crippen LogP contribution in [0.4, 0.5) is 0 Å². The number of benzene rings is 1. The van der Waals surface area contributed by atoms with Gasteiger partial charge in [0.25, 0.3) is 0 Å². The number of aromatic carboxylic acids is 2. The van der Waals surface area contributed by atoms with Crippen LogP contribution in [0, 0.1) is 0 Å². The highest BCUT2D eigenvalue weighted by Crippen LogP contribution is 2.07. The minimum absolute atomic E-state index is 0.190. The van der Waals surface area contributed by atoms with Crippen LogP contribution in [0.25, 0.3) is 0 Å². The Morgan fingerprint density at radius 1 is 0.656 bits per heavy atom. The Morgan fingerprint density at radius 3 is 1.28 bits per heavy atom. The van der Waals surface area contributed by atoms with Gasteiger partial charge in [-0.05, 0) is 89.9 Å². The maximum atomic E-state index is 10.5. The van der Waals surface area contributed by atoms with E-state index in [2.05, 4.69) is 10.6 Å². The Hall–Kier alpha value is -2.08. The SMILES string of the molecule is NCCCCNCCCO.NCCCCNCCCO.O=C(O)c1ccccc1C(=O)O. The molecule has 10 N–H and O–H groups in total. The second-order valence-corrected chi connectivity index (χ2v) is 6.80. The van der Waals surface area contributed by atoms with Crippen molar-refractivity contribution < 1.29 is 30.0 Å². The lowest BCUT2D eigenvalue weighted by Crippen LogP contribution is -2.18. The number of rotatable bonds is 16. The minimum Gasteiger partial charge on any atom is -0.478 e. The zero-order valence-electron chi connectivity index (χ0n) is 19.0. The van der Waals surface area contributed by atoms with Crippen LogP contribution in [-0.4, -0.2) is 84.8 Å². The third-order valence-corrected chi connectivity index (χ3v) is 4.03. The van der Waals surface area contributed by atoms with E-state index < -0.39 is 11.9 Å². The van der Waals surface area contributed by atoms with Crippen LogP contribution in [0.1, 0.15) is 59.2 Å². The molecule has 0 unspecified atom stereocenters. The Bertz CT molecular complexity index is 510. The number of hydrogen-bond acceptors (Lipinski definition) is 8. The molecule has 0 saturated carbocycles. The fourth-order valence-corrected chi connectivity index (χ4v) is 2.30. The van der Waals surface area contributed by atoms with Crippen molar-refractivity contribution in [1.29, 1.82) is 0 Å². The molecule has 1 aromatic rings. The molecule has 0 aliphatic heterocycles. The maximum Gasteiger partial charge on any atom is 0.336 e. The quantitative estimate of drug-likeness (QED) is 0.162. The summed E-state index contributed by atoms with van der Waals surface area (Å²) < 4.78 is 0. The molecule has 0 fully saturated rings. The molecule has 0 aromatic heterocycles. The summed E-state index contributed by atoms with van der Waals surface area (Å²) in [6, 6.07) is 5.48. The highest BCUT2D eigenvalue weighted by Gasteiger charge is 2.13. The molecule has 1 aromatic carbocycles. The summed E-state index contributed by atoms with van der Waals surface area (Å²) in [7, 11) is 0. The normalized spacial score (nSPS) is 9.88. The number of carbonyl (C=O) groups is 2. The summed E-state index contributed by atoms with van der Waals surface area (Å²) in [4.78, 5) is 20.9. The predicted molar refractivity (Wildman–Crippen MR) is 126 cm³/mol. The third kappa shape index (κ3) is 21.2. The van der Waals surface area contributed by atoms with Crippen molar-refractivity contribution in [3.63, 3.8) is 0 Å². The molecule has 32 heavy (non-hydrogen) atoms. The molecule has 0 spiro atoms. The Labute approximate surface area is 191 Å². The molecule has 1 rings (SSSR count). The molecule has 186 valence electrons. The van der Waals surface area contributed by atoms with Crippen LogP contribution < -0.4 is 22.1 Å². The van der Waals surface area contributed by atoms with Gasteiger partial charge in [-0.2, -0.15) is 0 Å². The van der Waals surface area contributed by atoms with Gasteiger partial charge in [0.05, 0.1) is 11.1 Å². The second-order valence-electron chi connectivity index (χ2n) is 6.80. The smallest absolute Gasteiger partial charge is 0.336 e. The summed E-state index contributed by atoms with van der Waals surface area (Å²) in [5.74, 6) is -2.46. The summed E-state index contributed by atoms with van der Waals surface area (Å²) in [6.07, 6.45) is 6.16. The molecule has 0 amide bonds. The first-order valence-electron chi connectivity index (χ1n) is 11.0. The Kier molecular flexibility index (Phi) is 25.3. The molecular weight excluding hydrogens is 416 g/mol. The summed E-state index contributed by atoms with van der Waals surface area (Å²) in [5, 5.41) is 40.3. The largest absolute Gasteiger partial charge is 0.478 e. The molecule has 0 radical (unpaired) electrons. The standard InChI is InChI=1S/C8H6O4.2C7H18N2O/c9-7(10)5-3-1-2-4-6(5)8(11)12;2*8-4-1-2-5-9-6-3-7-10/h1-4H,(H,9,10)(H,11,12);2*9-10H,1-8H2. The van der Waals surface area contributed by atoms with E-state index in [-0.39, 0.29) is 24.3 Å². The van der Waals surface area contributed by atoms with Gasteiger partial charge in [-0.25, -0.2) is 9.59 Å². The topological polar surface area (TPSA) is 191 Å². The fraction of sp³-hybridized carbons (Fsp3) is 0.636. The van der Waals surface area contributed by atoms with E-state index in [0.29, 0.717) is 0 Å². The van der Waals surface area contributed by atoms with E-state index in [0.717, 1.165) is 77.8 Å². The Morgan fingerprint density at radius 2 is 1.00 bits per heavy atom. The van der Waals surface area contributed by atoms with Gasteiger partial charge in [0, 0.05) is 13.2 Å². The van der Waals surface area contributed by atoms with Gasteiger partial charge in [-0.1, -0.05) is 12.1 Å². The zero-order chi connectivity index (χ0) is 24.5. The van der Waals surface area contributed by atoms with Crippen LogP contribution in [0.3, 0.4) is 0 Å². The van der Waals surface area contributed by atoms with E-state index in [1.807, 2.05) is 0 Å². The summed E-state index contributed by atoms with van der Waals surface area (Å²) >= 11 is 0. The monoisotopic (exact) mass is 458 g/mol. The number of nitrogens with two attached hydrogens (primary N) is 2. The second kappa shape index (κ2) is 25.2. The van der Waals surface area contributed by atoms with Crippen molar-refractivity contribution >= 4 is 11.9 Å². The van der Waals surface area contributed by atoms with Crippen molar-refractivity contribution in [3.05, 3.63) is 35.4 Å². The van der Waals surface area contributed by atoms with Gasteiger partial charge >= 0.3 is 11.9 Å². The molecule has 0 saturated heterocycles. The summed E-state index contributed by atoms with van der Waals surface area (Å²) in [5.41, 5.74) is 10.2. The minimum atomic E-state index is -1.23. The first-order valence-corrected chi connectivity index (χ1v) is 11.0. The lowest BCUT2D eigenvalue weighted by Gasteiger charge is -2.00. The number of hydrogen-bond donors (Lipinski definition) is 8. The fourth-order valence-electron chi connectivity index (χ4n) is 2.30. The molecule has 10 heteroatoms. The van der Waals surface area contributed by atoms with E-state index in [4.69, 9.17) is 31.9 Å². The molecule has 0 heterocycles.